The van der Waals surface area contributed by atoms with E-state index in [1.54, 1.807) is 28.4 Å². The SMILES string of the molecule is CCCc1nc(-c2ccc3c(c2)N(Cc2ccc(F)cc2)C(=O)CO3)cs1. The first-order valence-corrected chi connectivity index (χ1v) is 9.78. The van der Waals surface area contributed by atoms with Crippen molar-refractivity contribution >= 4 is 22.9 Å². The lowest BCUT2D eigenvalue weighted by molar-refractivity contribution is -0.121. The van der Waals surface area contributed by atoms with Crippen molar-refractivity contribution < 1.29 is 13.9 Å². The number of nitrogens with zero attached hydrogens (tertiary/aromatic N) is 2. The number of anilines is 1. The molecule has 4 rings (SSSR count). The maximum absolute atomic E-state index is 13.2. The highest BCUT2D eigenvalue weighted by atomic mass is 32.1. The van der Waals surface area contributed by atoms with Gasteiger partial charge in [0.05, 0.1) is 22.9 Å². The lowest BCUT2D eigenvalue weighted by atomic mass is 10.1. The Hall–Kier alpha value is -2.73. The maximum Gasteiger partial charge on any atom is 0.265 e. The molecule has 0 radical (unpaired) electrons. The van der Waals surface area contributed by atoms with E-state index in [2.05, 4.69) is 11.9 Å². The Morgan fingerprint density at radius 2 is 2.04 bits per heavy atom. The number of carbonyl (C=O) groups excluding carboxylic acids is 1. The van der Waals surface area contributed by atoms with Gasteiger partial charge in [0.25, 0.3) is 5.91 Å². The molecule has 6 heteroatoms. The lowest BCUT2D eigenvalue weighted by Gasteiger charge is -2.30. The van der Waals surface area contributed by atoms with Gasteiger partial charge in [0, 0.05) is 10.9 Å². The molecule has 1 aliphatic heterocycles. The number of thiazole rings is 1. The van der Waals surface area contributed by atoms with Gasteiger partial charge >= 0.3 is 0 Å². The highest BCUT2D eigenvalue weighted by molar-refractivity contribution is 7.09. The largest absolute Gasteiger partial charge is 0.482 e. The quantitative estimate of drug-likeness (QED) is 0.635. The summed E-state index contributed by atoms with van der Waals surface area (Å²) in [4.78, 5) is 18.9. The van der Waals surface area contributed by atoms with Crippen LogP contribution >= 0.6 is 11.3 Å². The number of ether oxygens (including phenoxy) is 1. The standard InChI is InChI=1S/C21H19FN2O2S/c1-2-3-20-23-17(13-27-20)15-6-9-19-18(10-15)24(21(25)12-26-19)11-14-4-7-16(22)8-5-14/h4-10,13H,2-3,11-12H2,1H3. The predicted octanol–water partition coefficient (Wildman–Crippen LogP) is 4.83. The van der Waals surface area contributed by atoms with Gasteiger partial charge in [-0.05, 0) is 48.7 Å². The highest BCUT2D eigenvalue weighted by Gasteiger charge is 2.26. The van der Waals surface area contributed by atoms with Crippen LogP contribution in [-0.4, -0.2) is 17.5 Å². The summed E-state index contributed by atoms with van der Waals surface area (Å²) >= 11 is 1.65. The van der Waals surface area contributed by atoms with Crippen LogP contribution in [0.15, 0.2) is 47.8 Å². The average molecular weight is 382 g/mol. The molecule has 138 valence electrons. The summed E-state index contributed by atoms with van der Waals surface area (Å²) in [5.41, 5.74) is 3.45. The molecule has 0 unspecified atom stereocenters. The van der Waals surface area contributed by atoms with E-state index in [1.807, 2.05) is 23.6 Å². The number of aryl methyl sites for hydroxylation is 1. The van der Waals surface area contributed by atoms with Gasteiger partial charge in [0.15, 0.2) is 6.61 Å². The monoisotopic (exact) mass is 382 g/mol. The molecule has 27 heavy (non-hydrogen) atoms. The summed E-state index contributed by atoms with van der Waals surface area (Å²) in [6, 6.07) is 12.0. The molecule has 3 aromatic rings. The van der Waals surface area contributed by atoms with Crippen LogP contribution in [-0.2, 0) is 17.8 Å². The minimum absolute atomic E-state index is 0.00485. The van der Waals surface area contributed by atoms with Gasteiger partial charge in [-0.2, -0.15) is 0 Å². The molecule has 4 nitrogen and oxygen atoms in total. The molecule has 1 aromatic heterocycles. The molecule has 0 bridgehead atoms. The molecule has 2 aromatic carbocycles. The first-order chi connectivity index (χ1) is 13.1. The zero-order valence-electron chi connectivity index (χ0n) is 14.9. The van der Waals surface area contributed by atoms with Crippen LogP contribution < -0.4 is 9.64 Å². The highest BCUT2D eigenvalue weighted by Crippen LogP contribution is 2.37. The molecule has 0 spiro atoms. The van der Waals surface area contributed by atoms with Crippen molar-refractivity contribution in [3.8, 4) is 17.0 Å². The van der Waals surface area contributed by atoms with Gasteiger partial charge in [-0.1, -0.05) is 19.1 Å². The summed E-state index contributed by atoms with van der Waals surface area (Å²) in [5, 5.41) is 3.16. The van der Waals surface area contributed by atoms with Crippen LogP contribution in [0.25, 0.3) is 11.3 Å². The van der Waals surface area contributed by atoms with Crippen LogP contribution in [0, 0.1) is 5.82 Å². The Morgan fingerprint density at radius 1 is 1.22 bits per heavy atom. The zero-order chi connectivity index (χ0) is 18.8. The Kier molecular flexibility index (Phi) is 4.90. The molecule has 0 aliphatic carbocycles. The van der Waals surface area contributed by atoms with Crippen molar-refractivity contribution in [1.29, 1.82) is 0 Å². The fourth-order valence-electron chi connectivity index (χ4n) is 3.08. The fourth-order valence-corrected chi connectivity index (χ4v) is 3.99. The Morgan fingerprint density at radius 3 is 2.81 bits per heavy atom. The summed E-state index contributed by atoms with van der Waals surface area (Å²) in [7, 11) is 0. The molecule has 0 N–H and O–H groups in total. The van der Waals surface area contributed by atoms with Gasteiger partial charge in [0.2, 0.25) is 0 Å². The number of hydrogen-bond acceptors (Lipinski definition) is 4. The number of halogens is 1. The number of carbonyl (C=O) groups is 1. The minimum Gasteiger partial charge on any atom is -0.482 e. The van der Waals surface area contributed by atoms with Crippen LogP contribution in [0.1, 0.15) is 23.9 Å². The van der Waals surface area contributed by atoms with E-state index < -0.39 is 0 Å². The predicted molar refractivity (Wildman–Crippen MR) is 105 cm³/mol. The van der Waals surface area contributed by atoms with Crippen molar-refractivity contribution in [2.75, 3.05) is 11.5 Å². The molecule has 0 fully saturated rings. The second-order valence-electron chi connectivity index (χ2n) is 6.45. The fraction of sp³-hybridized carbons (Fsp3) is 0.238. The molecule has 0 atom stereocenters. The number of fused-ring (bicyclic) bond motifs is 1. The van der Waals surface area contributed by atoms with E-state index in [-0.39, 0.29) is 18.3 Å². The molecular formula is C21H19FN2O2S. The number of amides is 1. The van der Waals surface area contributed by atoms with Crippen LogP contribution in [0.5, 0.6) is 5.75 Å². The van der Waals surface area contributed by atoms with Gasteiger partial charge in [-0.3, -0.25) is 4.79 Å². The van der Waals surface area contributed by atoms with Gasteiger partial charge in [-0.25, -0.2) is 9.37 Å². The first kappa shape index (κ1) is 17.7. The molecule has 1 aliphatic rings. The van der Waals surface area contributed by atoms with E-state index in [1.165, 1.54) is 12.1 Å². The second-order valence-corrected chi connectivity index (χ2v) is 7.40. The number of hydrogen-bond donors (Lipinski definition) is 0. The summed E-state index contributed by atoms with van der Waals surface area (Å²) < 4.78 is 18.8. The van der Waals surface area contributed by atoms with E-state index in [9.17, 15) is 9.18 Å². The van der Waals surface area contributed by atoms with Crippen LogP contribution in [0.3, 0.4) is 0 Å². The van der Waals surface area contributed by atoms with Crippen LogP contribution in [0.2, 0.25) is 0 Å². The Balaban J connectivity index is 1.67. The number of aromatic nitrogens is 1. The van der Waals surface area contributed by atoms with Crippen molar-refractivity contribution in [2.24, 2.45) is 0 Å². The number of benzene rings is 2. The second kappa shape index (κ2) is 7.48. The molecule has 0 saturated carbocycles. The smallest absolute Gasteiger partial charge is 0.265 e. The third kappa shape index (κ3) is 3.71. The molecule has 1 amide bonds. The summed E-state index contributed by atoms with van der Waals surface area (Å²) in [6.07, 6.45) is 2.03. The van der Waals surface area contributed by atoms with E-state index in [0.29, 0.717) is 12.3 Å². The van der Waals surface area contributed by atoms with Gasteiger partial charge in [0.1, 0.15) is 11.6 Å². The normalized spacial score (nSPS) is 13.4. The lowest BCUT2D eigenvalue weighted by Crippen LogP contribution is -2.38. The van der Waals surface area contributed by atoms with Crippen molar-refractivity contribution in [3.05, 3.63) is 64.2 Å². The topological polar surface area (TPSA) is 42.4 Å². The molecule has 0 saturated heterocycles. The van der Waals surface area contributed by atoms with Crippen molar-refractivity contribution in [1.82, 2.24) is 4.98 Å². The van der Waals surface area contributed by atoms with Crippen molar-refractivity contribution in [2.45, 2.75) is 26.3 Å². The van der Waals surface area contributed by atoms with E-state index in [0.717, 1.165) is 40.4 Å². The van der Waals surface area contributed by atoms with E-state index >= 15 is 0 Å². The Labute approximate surface area is 161 Å². The third-order valence-electron chi connectivity index (χ3n) is 4.47. The average Bonchev–Trinajstić information content (AvgIpc) is 3.14. The molecular weight excluding hydrogens is 363 g/mol. The first-order valence-electron chi connectivity index (χ1n) is 8.90. The number of rotatable bonds is 5. The minimum atomic E-state index is -0.291. The third-order valence-corrected chi connectivity index (χ3v) is 5.38. The van der Waals surface area contributed by atoms with Crippen LogP contribution in [0.4, 0.5) is 10.1 Å². The summed E-state index contributed by atoms with van der Waals surface area (Å²) in [5.74, 6) is 0.263. The summed E-state index contributed by atoms with van der Waals surface area (Å²) in [6.45, 7) is 2.51. The zero-order valence-corrected chi connectivity index (χ0v) is 15.8. The van der Waals surface area contributed by atoms with E-state index in [4.69, 9.17) is 4.74 Å². The molecule has 2 heterocycles. The van der Waals surface area contributed by atoms with Crippen molar-refractivity contribution in [3.63, 3.8) is 0 Å². The Bertz CT molecular complexity index is 969. The van der Waals surface area contributed by atoms with Gasteiger partial charge < -0.3 is 9.64 Å². The van der Waals surface area contributed by atoms with Gasteiger partial charge in [-0.15, -0.1) is 11.3 Å². The maximum atomic E-state index is 13.2.